The van der Waals surface area contributed by atoms with Crippen LogP contribution < -0.4 is 11.1 Å². The van der Waals surface area contributed by atoms with E-state index in [1.54, 1.807) is 12.4 Å². The van der Waals surface area contributed by atoms with Gasteiger partial charge in [-0.15, -0.1) is 22.7 Å². The van der Waals surface area contributed by atoms with E-state index >= 15 is 0 Å². The van der Waals surface area contributed by atoms with Crippen LogP contribution in [0.3, 0.4) is 0 Å². The zero-order chi connectivity index (χ0) is 34.5. The van der Waals surface area contributed by atoms with E-state index in [4.69, 9.17) is 5.73 Å². The first-order chi connectivity index (χ1) is 23.7. The van der Waals surface area contributed by atoms with Gasteiger partial charge in [0.25, 0.3) is 0 Å². The Morgan fingerprint density at radius 1 is 0.615 bits per heavy atom. The molecule has 2 aromatic heterocycles. The second kappa shape index (κ2) is 16.9. The maximum atomic E-state index is 13.0. The number of rotatable bonds is 7. The molecule has 2 atom stereocenters. The van der Waals surface area contributed by atoms with Crippen LogP contribution in [-0.4, -0.2) is 27.0 Å². The van der Waals surface area contributed by atoms with Gasteiger partial charge >= 0.3 is 5.97 Å². The van der Waals surface area contributed by atoms with Crippen LogP contribution in [0.2, 0.25) is 0 Å². The molecule has 0 bridgehead atoms. The van der Waals surface area contributed by atoms with E-state index in [0.717, 1.165) is 17.5 Å². The molecule has 52 heavy (non-hydrogen) atoms. The van der Waals surface area contributed by atoms with Crippen LogP contribution in [0.1, 0.15) is 71.2 Å². The molecule has 0 spiro atoms. The Hall–Kier alpha value is -5.12. The molecule has 7 nitrogen and oxygen atoms in total. The lowest BCUT2D eigenvalue weighted by Gasteiger charge is -2.23. The summed E-state index contributed by atoms with van der Waals surface area (Å²) in [4.78, 5) is 32.5. The van der Waals surface area contributed by atoms with E-state index in [-0.39, 0.29) is 39.0 Å². The summed E-state index contributed by atoms with van der Waals surface area (Å²) in [5, 5.41) is 17.6. The number of thiazole rings is 2. The summed E-state index contributed by atoms with van der Waals surface area (Å²) < 4.78 is 0. The maximum absolute atomic E-state index is 13.0. The van der Waals surface area contributed by atoms with E-state index in [2.05, 4.69) is 46.5 Å². The average Bonchev–Trinajstić information content (AvgIpc) is 3.70. The molecule has 2 saturated carbocycles. The zero-order valence-electron chi connectivity index (χ0n) is 27.3. The number of carbonyl (C=O) groups is 2. The second-order valence-electron chi connectivity index (χ2n) is 12.8. The molecule has 0 radical (unpaired) electrons. The van der Waals surface area contributed by atoms with Gasteiger partial charge in [-0.25, -0.2) is 9.97 Å². The molecule has 9 heteroatoms. The summed E-state index contributed by atoms with van der Waals surface area (Å²) >= 11 is 2.89. The highest BCUT2D eigenvalue weighted by molar-refractivity contribution is 7.13. The number of aliphatic carboxylic acids is 1. The van der Waals surface area contributed by atoms with Crippen molar-refractivity contribution in [2.75, 3.05) is 11.1 Å². The van der Waals surface area contributed by atoms with Crippen molar-refractivity contribution in [3.8, 4) is 0 Å². The van der Waals surface area contributed by atoms with Gasteiger partial charge in [0.2, 0.25) is 5.91 Å². The molecule has 0 saturated heterocycles. The van der Waals surface area contributed by atoms with Crippen molar-refractivity contribution >= 4 is 44.8 Å². The molecule has 2 unspecified atom stereocenters. The van der Waals surface area contributed by atoms with Crippen molar-refractivity contribution in [2.45, 2.75) is 59.8 Å². The van der Waals surface area contributed by atoms with Crippen LogP contribution in [0.4, 0.5) is 10.3 Å². The molecule has 4 aromatic carbocycles. The predicted octanol–water partition coefficient (Wildman–Crippen LogP) is 10.6. The van der Waals surface area contributed by atoms with Gasteiger partial charge in [0.15, 0.2) is 10.3 Å². The number of hydrogen-bond acceptors (Lipinski definition) is 7. The average molecular weight is 735 g/mol. The van der Waals surface area contributed by atoms with Crippen molar-refractivity contribution in [1.82, 2.24) is 9.97 Å². The van der Waals surface area contributed by atoms with Gasteiger partial charge in [-0.3, -0.25) is 9.59 Å². The fraction of sp³-hybridized carbons (Fsp3) is 0.256. The van der Waals surface area contributed by atoms with Crippen LogP contribution in [-0.2, 0) is 20.4 Å². The Morgan fingerprint density at radius 3 is 1.27 bits per heavy atom. The van der Waals surface area contributed by atoms with Gasteiger partial charge in [-0.1, -0.05) is 144 Å². The first kappa shape index (κ1) is 41.3. The lowest BCUT2D eigenvalue weighted by atomic mass is 9.80. The fourth-order valence-corrected chi connectivity index (χ4v) is 8.07. The molecule has 272 valence electrons. The minimum Gasteiger partial charge on any atom is -0.481 e. The van der Waals surface area contributed by atoms with Gasteiger partial charge in [0.05, 0.1) is 10.8 Å². The molecule has 4 N–H and O–H groups in total. The highest BCUT2D eigenvalue weighted by atomic mass is 32.1. The van der Waals surface area contributed by atoms with E-state index < -0.39 is 16.8 Å². The number of benzene rings is 4. The van der Waals surface area contributed by atoms with Crippen molar-refractivity contribution < 1.29 is 14.7 Å². The van der Waals surface area contributed by atoms with Crippen LogP contribution in [0.5, 0.6) is 0 Å². The zero-order valence-corrected chi connectivity index (χ0v) is 29.0. The molecule has 2 fully saturated rings. The lowest BCUT2D eigenvalue weighted by molar-refractivity contribution is -0.143. The minimum atomic E-state index is -0.722. The van der Waals surface area contributed by atoms with Crippen molar-refractivity contribution in [1.29, 1.82) is 0 Å². The monoisotopic (exact) mass is 734 g/mol. The molecule has 2 aliphatic carbocycles. The quantitative estimate of drug-likeness (QED) is 0.150. The highest BCUT2D eigenvalue weighted by Gasteiger charge is 2.71. The number of nitrogens with two attached hydrogens (primary N) is 1. The molecule has 8 rings (SSSR count). The standard InChI is InChI=1S/C20H18N2OS.C17H16O2.C3H4N2S.3CH4/c1-19(17(23)22-18-21-12-13-24-18)14-20(19,15-8-4-2-5-9-15)16-10-6-3-7-11-16;1-16(15(18)19)12-17(16,13-8-4-2-5-9-13)14-10-6-3-7-11-14;4-3-5-1-2-6-3;;;/h2-13H,14H2,1H3,(H,21,22,23);2-11H,12H2,1H3,(H,18,19);1-2H,(H2,4,5);3*1H4. The van der Waals surface area contributed by atoms with Gasteiger partial charge in [-0.05, 0) is 48.9 Å². The minimum absolute atomic E-state index is 0. The summed E-state index contributed by atoms with van der Waals surface area (Å²) in [5.41, 5.74) is 7.87. The number of nitrogens with one attached hydrogen (secondary N) is 1. The largest absolute Gasteiger partial charge is 0.481 e. The number of nitrogen functional groups attached to an aromatic ring is 1. The normalized spacial score (nSPS) is 19.5. The molecule has 0 aliphatic heterocycles. The second-order valence-corrected chi connectivity index (χ2v) is 14.6. The molecular formula is C43H50N4O3S2. The third-order valence-corrected chi connectivity index (χ3v) is 11.3. The molecule has 2 aliphatic rings. The summed E-state index contributed by atoms with van der Waals surface area (Å²) in [5.74, 6) is -0.689. The van der Waals surface area contributed by atoms with Gasteiger partial charge in [0, 0.05) is 34.0 Å². The van der Waals surface area contributed by atoms with E-state index in [0.29, 0.717) is 16.7 Å². The van der Waals surface area contributed by atoms with Crippen molar-refractivity contribution in [3.05, 3.63) is 167 Å². The Morgan fingerprint density at radius 2 is 0.981 bits per heavy atom. The number of carboxylic acid groups (broad SMARTS) is 1. The smallest absolute Gasteiger partial charge is 0.310 e. The Labute approximate surface area is 316 Å². The summed E-state index contributed by atoms with van der Waals surface area (Å²) in [6.45, 7) is 3.89. The predicted molar refractivity (Wildman–Crippen MR) is 218 cm³/mol. The molecular weight excluding hydrogens is 685 g/mol. The Balaban J connectivity index is 0.000000234. The SMILES string of the molecule is C.C.C.CC1(C(=O)Nc2nccs2)CC1(c1ccccc1)c1ccccc1.CC1(C(=O)O)CC1(c1ccccc1)c1ccccc1.Nc1nccs1. The third kappa shape index (κ3) is 7.56. The number of anilines is 2. The molecule has 6 aromatic rings. The Bertz CT molecular complexity index is 1900. The third-order valence-electron chi connectivity index (χ3n) is 10.0. The molecule has 1 amide bonds. The number of amides is 1. The van der Waals surface area contributed by atoms with Crippen molar-refractivity contribution in [3.63, 3.8) is 0 Å². The first-order valence-corrected chi connectivity index (χ1v) is 17.7. The maximum Gasteiger partial charge on any atom is 0.310 e. The lowest BCUT2D eigenvalue weighted by Crippen LogP contribution is -2.30. The van der Waals surface area contributed by atoms with E-state index in [1.165, 1.54) is 33.8 Å². The number of carbonyl (C=O) groups excluding carboxylic acids is 1. The van der Waals surface area contributed by atoms with Gasteiger partial charge < -0.3 is 16.2 Å². The van der Waals surface area contributed by atoms with E-state index in [9.17, 15) is 14.7 Å². The number of carboxylic acids is 1. The first-order valence-electron chi connectivity index (χ1n) is 16.0. The fourth-order valence-electron chi connectivity index (χ4n) is 7.17. The summed E-state index contributed by atoms with van der Waals surface area (Å²) in [6.07, 6.45) is 4.84. The summed E-state index contributed by atoms with van der Waals surface area (Å²) in [6, 6.07) is 40.6. The molecule has 2 heterocycles. The van der Waals surface area contributed by atoms with Crippen LogP contribution in [0.25, 0.3) is 0 Å². The number of aromatic nitrogens is 2. The number of nitrogens with zero attached hydrogens (tertiary/aromatic N) is 2. The van der Waals surface area contributed by atoms with Crippen molar-refractivity contribution in [2.24, 2.45) is 10.8 Å². The Kier molecular flexibility index (Phi) is 13.4. The van der Waals surface area contributed by atoms with Gasteiger partial charge in [0.1, 0.15) is 0 Å². The van der Waals surface area contributed by atoms with E-state index in [1.807, 2.05) is 115 Å². The van der Waals surface area contributed by atoms with Crippen LogP contribution in [0.15, 0.2) is 144 Å². The number of hydrogen-bond donors (Lipinski definition) is 3. The van der Waals surface area contributed by atoms with Crippen LogP contribution in [0, 0.1) is 10.8 Å². The topological polar surface area (TPSA) is 118 Å². The summed E-state index contributed by atoms with van der Waals surface area (Å²) in [7, 11) is 0. The van der Waals surface area contributed by atoms with Crippen LogP contribution >= 0.6 is 22.7 Å². The van der Waals surface area contributed by atoms with Gasteiger partial charge in [-0.2, -0.15) is 0 Å². The highest BCUT2D eigenvalue weighted by Crippen LogP contribution is 2.69.